The Labute approximate surface area is 169 Å². The van der Waals surface area contributed by atoms with E-state index in [1.165, 1.54) is 5.56 Å². The van der Waals surface area contributed by atoms with Gasteiger partial charge in [-0.15, -0.1) is 10.1 Å². The van der Waals surface area contributed by atoms with Gasteiger partial charge in [0.15, 0.2) is 6.04 Å². The fraction of sp³-hybridized carbons (Fsp3) is 0.125. The molecule has 4 rings (SSSR count). The molecule has 0 radical (unpaired) electrons. The molecule has 29 heavy (non-hydrogen) atoms. The minimum absolute atomic E-state index is 0.244. The highest BCUT2D eigenvalue weighted by Gasteiger charge is 2.47. The number of hydrogen-bond donors (Lipinski definition) is 2. The van der Waals surface area contributed by atoms with Crippen LogP contribution in [0.15, 0.2) is 84.9 Å². The van der Waals surface area contributed by atoms with Crippen molar-refractivity contribution in [3.8, 4) is 0 Å². The predicted octanol–water partition coefficient (Wildman–Crippen LogP) is 3.01. The topological polar surface area (TPSA) is 61.2 Å². The molecule has 1 aliphatic heterocycles. The summed E-state index contributed by atoms with van der Waals surface area (Å²) in [6.45, 7) is 2.03. The van der Waals surface area contributed by atoms with Gasteiger partial charge in [0.2, 0.25) is 12.3 Å². The van der Waals surface area contributed by atoms with E-state index in [-0.39, 0.29) is 17.9 Å². The average molecular weight is 384 g/mol. The summed E-state index contributed by atoms with van der Waals surface area (Å²) in [5, 5.41) is 2.91. The third-order valence-corrected chi connectivity index (χ3v) is 4.97. The lowest BCUT2D eigenvalue weighted by Crippen LogP contribution is -2.42. The molecule has 1 aliphatic rings. The first-order valence-electron chi connectivity index (χ1n) is 9.53. The van der Waals surface area contributed by atoms with Crippen molar-refractivity contribution in [1.82, 2.24) is 10.7 Å². The maximum Gasteiger partial charge on any atom is 0.304 e. The summed E-state index contributed by atoms with van der Waals surface area (Å²) in [6.07, 6.45) is 1.89. The van der Waals surface area contributed by atoms with E-state index in [4.69, 9.17) is 0 Å². The Morgan fingerprint density at radius 2 is 1.55 bits per heavy atom. The van der Waals surface area contributed by atoms with Gasteiger partial charge in [-0.05, 0) is 31.2 Å². The largest absolute Gasteiger partial charge is 0.334 e. The van der Waals surface area contributed by atoms with Crippen molar-refractivity contribution in [2.75, 3.05) is 0 Å². The molecule has 2 atom stereocenters. The lowest BCUT2D eigenvalue weighted by molar-refractivity contribution is -0.596. The summed E-state index contributed by atoms with van der Waals surface area (Å²) in [5.41, 5.74) is 6.49. The number of benzene rings is 3. The zero-order chi connectivity index (χ0) is 20.2. The van der Waals surface area contributed by atoms with Gasteiger partial charge >= 0.3 is 5.91 Å². The number of hydrazone groups is 1. The van der Waals surface area contributed by atoms with Crippen LogP contribution in [-0.4, -0.2) is 28.8 Å². The Kier molecular flexibility index (Phi) is 5.20. The molecular weight excluding hydrogens is 362 g/mol. The molecular formula is C24H22N3O2+. The van der Waals surface area contributed by atoms with E-state index >= 15 is 0 Å². The van der Waals surface area contributed by atoms with Crippen LogP contribution < -0.4 is 10.7 Å². The fourth-order valence-corrected chi connectivity index (χ4v) is 3.46. The molecule has 0 bridgehead atoms. The highest BCUT2D eigenvalue weighted by molar-refractivity contribution is 5.98. The van der Waals surface area contributed by atoms with Crippen LogP contribution in [0.5, 0.6) is 0 Å². The minimum atomic E-state index is -0.716. The van der Waals surface area contributed by atoms with Crippen LogP contribution in [0.3, 0.4) is 0 Å². The standard InChI is InChI=1S/C24H21N3O2/c1-17-12-14-18(15-13-17)16-27-22(19-8-4-2-5-9-19)21(24(29)26-27)25-23(28)20-10-6-3-7-11-20/h2-16,21-22H,1H3,(H-,25,26,28,29)/p+1/b27-16-/t21-,22+/m0/s1. The molecule has 0 spiro atoms. The average Bonchev–Trinajstić information content (AvgIpc) is 3.05. The zero-order valence-corrected chi connectivity index (χ0v) is 16.1. The van der Waals surface area contributed by atoms with Crippen molar-refractivity contribution < 1.29 is 14.3 Å². The molecule has 144 valence electrons. The number of carbonyl (C=O) groups excluding carboxylic acids is 2. The van der Waals surface area contributed by atoms with Crippen molar-refractivity contribution in [3.63, 3.8) is 0 Å². The van der Waals surface area contributed by atoms with Crippen molar-refractivity contribution in [3.05, 3.63) is 107 Å². The lowest BCUT2D eigenvalue weighted by Gasteiger charge is -2.14. The highest BCUT2D eigenvalue weighted by Crippen LogP contribution is 2.25. The van der Waals surface area contributed by atoms with Crippen molar-refractivity contribution in [2.24, 2.45) is 0 Å². The number of rotatable bonds is 4. The molecule has 5 nitrogen and oxygen atoms in total. The molecule has 0 aromatic heterocycles. The van der Waals surface area contributed by atoms with Gasteiger partial charge in [0.1, 0.15) is 0 Å². The summed E-state index contributed by atoms with van der Waals surface area (Å²) in [6, 6.07) is 25.6. The second kappa shape index (κ2) is 8.10. The molecule has 1 saturated heterocycles. The molecule has 5 heteroatoms. The van der Waals surface area contributed by atoms with Gasteiger partial charge < -0.3 is 5.32 Å². The maximum atomic E-state index is 12.8. The van der Waals surface area contributed by atoms with Gasteiger partial charge in [-0.25, -0.2) is 0 Å². The quantitative estimate of drug-likeness (QED) is 0.680. The van der Waals surface area contributed by atoms with Crippen molar-refractivity contribution >= 4 is 18.0 Å². The Balaban J connectivity index is 1.69. The number of hydrazine groups is 1. The SMILES string of the molecule is Cc1ccc(/C=[N+]2\NC(=O)[C@@H](NC(=O)c3ccccc3)[C@H]2c2ccccc2)cc1. The van der Waals surface area contributed by atoms with Crippen LogP contribution in [0.4, 0.5) is 0 Å². The van der Waals surface area contributed by atoms with Gasteiger partial charge in [0, 0.05) is 16.7 Å². The number of amides is 2. The van der Waals surface area contributed by atoms with Gasteiger partial charge in [0.25, 0.3) is 5.91 Å². The molecule has 1 heterocycles. The van der Waals surface area contributed by atoms with Crippen LogP contribution in [0, 0.1) is 6.92 Å². The molecule has 3 aromatic carbocycles. The van der Waals surface area contributed by atoms with Gasteiger partial charge in [0.05, 0.1) is 0 Å². The van der Waals surface area contributed by atoms with Crippen LogP contribution in [-0.2, 0) is 4.79 Å². The van der Waals surface area contributed by atoms with E-state index in [2.05, 4.69) is 10.7 Å². The molecule has 1 fully saturated rings. The first-order valence-corrected chi connectivity index (χ1v) is 9.53. The molecule has 0 aliphatic carbocycles. The van der Waals surface area contributed by atoms with Crippen LogP contribution in [0.1, 0.15) is 33.1 Å². The Morgan fingerprint density at radius 1 is 0.931 bits per heavy atom. The number of carbonyl (C=O) groups is 2. The van der Waals surface area contributed by atoms with E-state index in [9.17, 15) is 9.59 Å². The van der Waals surface area contributed by atoms with Crippen LogP contribution >= 0.6 is 0 Å². The molecule has 2 N–H and O–H groups in total. The van der Waals surface area contributed by atoms with Gasteiger partial charge in [-0.3, -0.25) is 9.59 Å². The normalized spacial score (nSPS) is 19.8. The van der Waals surface area contributed by atoms with E-state index < -0.39 is 6.04 Å². The summed E-state index contributed by atoms with van der Waals surface area (Å²) in [5.74, 6) is -0.518. The zero-order valence-electron chi connectivity index (χ0n) is 16.1. The summed E-state index contributed by atoms with van der Waals surface area (Å²) in [4.78, 5) is 25.5. The first kappa shape index (κ1) is 18.6. The maximum absolute atomic E-state index is 12.8. The number of aryl methyl sites for hydroxylation is 1. The minimum Gasteiger partial charge on any atom is -0.334 e. The third kappa shape index (κ3) is 4.09. The highest BCUT2D eigenvalue weighted by atomic mass is 16.2. The first-order chi connectivity index (χ1) is 14.1. The third-order valence-electron chi connectivity index (χ3n) is 4.97. The van der Waals surface area contributed by atoms with Crippen LogP contribution in [0.2, 0.25) is 0 Å². The van der Waals surface area contributed by atoms with E-state index in [0.717, 1.165) is 11.1 Å². The number of hydrogen-bond acceptors (Lipinski definition) is 2. The number of nitrogens with zero attached hydrogens (tertiary/aromatic N) is 1. The molecule has 0 saturated carbocycles. The van der Waals surface area contributed by atoms with Gasteiger partial charge in [-0.2, -0.15) is 0 Å². The summed E-state index contributed by atoms with van der Waals surface area (Å²) < 4.78 is 1.78. The Bertz CT molecular complexity index is 1040. The van der Waals surface area contributed by atoms with Crippen molar-refractivity contribution in [2.45, 2.75) is 19.0 Å². The van der Waals surface area contributed by atoms with E-state index in [1.54, 1.807) is 28.9 Å². The predicted molar refractivity (Wildman–Crippen MR) is 112 cm³/mol. The lowest BCUT2D eigenvalue weighted by atomic mass is 10.00. The van der Waals surface area contributed by atoms with Crippen LogP contribution in [0.25, 0.3) is 0 Å². The summed E-state index contributed by atoms with van der Waals surface area (Å²) >= 11 is 0. The summed E-state index contributed by atoms with van der Waals surface area (Å²) in [7, 11) is 0. The Morgan fingerprint density at radius 3 is 2.21 bits per heavy atom. The fourth-order valence-electron chi connectivity index (χ4n) is 3.46. The Hall–Kier alpha value is -3.73. The molecule has 3 aromatic rings. The number of nitrogens with one attached hydrogen (secondary N) is 2. The smallest absolute Gasteiger partial charge is 0.304 e. The van der Waals surface area contributed by atoms with Gasteiger partial charge in [-0.1, -0.05) is 66.2 Å². The second-order valence-corrected chi connectivity index (χ2v) is 7.10. The van der Waals surface area contributed by atoms with E-state index in [0.29, 0.717) is 5.56 Å². The van der Waals surface area contributed by atoms with E-state index in [1.807, 2.05) is 73.8 Å². The molecule has 0 unspecified atom stereocenters. The molecule has 2 amide bonds. The monoisotopic (exact) mass is 384 g/mol. The van der Waals surface area contributed by atoms with Crippen molar-refractivity contribution in [1.29, 1.82) is 0 Å². The second-order valence-electron chi connectivity index (χ2n) is 7.10.